The number of hydrogen-bond acceptors (Lipinski definition) is 4. The monoisotopic (exact) mass is 212 g/mol. The zero-order valence-electron chi connectivity index (χ0n) is 9.62. The highest BCUT2D eigenvalue weighted by Gasteiger charge is 2.10. The molecular weight excluding hydrogens is 192 g/mol. The van der Waals surface area contributed by atoms with Crippen LogP contribution in [-0.4, -0.2) is 27.5 Å². The van der Waals surface area contributed by atoms with Gasteiger partial charge < -0.3 is 16.2 Å². The third-order valence-corrected chi connectivity index (χ3v) is 2.35. The van der Waals surface area contributed by atoms with Gasteiger partial charge in [0.05, 0.1) is 17.5 Å². The first-order chi connectivity index (χ1) is 7.06. The fraction of sp³-hybridized carbons (Fsp3) is 0.700. The molecule has 0 amide bonds. The quantitative estimate of drug-likeness (QED) is 0.673. The molecule has 86 valence electrons. The first-order valence-electron chi connectivity index (χ1n) is 5.29. The van der Waals surface area contributed by atoms with Crippen LogP contribution in [0, 0.1) is 0 Å². The van der Waals surface area contributed by atoms with Crippen LogP contribution in [0.3, 0.4) is 0 Å². The Hall–Kier alpha value is -1.23. The number of hydrogen-bond donors (Lipinski definition) is 3. The average molecular weight is 212 g/mol. The normalized spacial score (nSPS) is 12.8. The van der Waals surface area contributed by atoms with Crippen LogP contribution in [0.25, 0.3) is 0 Å². The van der Waals surface area contributed by atoms with Gasteiger partial charge in [0, 0.05) is 13.6 Å². The van der Waals surface area contributed by atoms with Crippen LogP contribution >= 0.6 is 0 Å². The van der Waals surface area contributed by atoms with Crippen LogP contribution in [0.1, 0.15) is 26.0 Å². The van der Waals surface area contributed by atoms with Gasteiger partial charge in [0.2, 0.25) is 0 Å². The van der Waals surface area contributed by atoms with Crippen molar-refractivity contribution in [1.82, 2.24) is 9.78 Å². The van der Waals surface area contributed by atoms with Gasteiger partial charge >= 0.3 is 0 Å². The highest BCUT2D eigenvalue weighted by molar-refractivity contribution is 5.64. The van der Waals surface area contributed by atoms with E-state index in [0.717, 1.165) is 17.9 Å². The summed E-state index contributed by atoms with van der Waals surface area (Å²) in [5, 5.41) is 16.6. The molecule has 0 spiro atoms. The van der Waals surface area contributed by atoms with Crippen LogP contribution in [0.4, 0.5) is 11.5 Å². The number of nitrogens with two attached hydrogens (primary N) is 1. The highest BCUT2D eigenvalue weighted by atomic mass is 16.3. The first-order valence-corrected chi connectivity index (χ1v) is 5.29. The summed E-state index contributed by atoms with van der Waals surface area (Å²) in [5.41, 5.74) is 7.55. The molecule has 1 atom stereocenters. The van der Waals surface area contributed by atoms with Gasteiger partial charge in [0.25, 0.3) is 0 Å². The predicted molar refractivity (Wildman–Crippen MR) is 61.8 cm³/mol. The van der Waals surface area contributed by atoms with Crippen molar-refractivity contribution in [1.29, 1.82) is 0 Å². The number of nitrogen functional groups attached to an aromatic ring is 1. The fourth-order valence-electron chi connectivity index (χ4n) is 1.47. The molecule has 1 rings (SSSR count). The first kappa shape index (κ1) is 11.8. The Morgan fingerprint density at radius 3 is 2.73 bits per heavy atom. The van der Waals surface area contributed by atoms with Crippen LogP contribution in [-0.2, 0) is 13.5 Å². The summed E-state index contributed by atoms with van der Waals surface area (Å²) in [5.74, 6) is 0.840. The van der Waals surface area contributed by atoms with Gasteiger partial charge in [0.15, 0.2) is 0 Å². The van der Waals surface area contributed by atoms with Crippen molar-refractivity contribution >= 4 is 11.5 Å². The maximum absolute atomic E-state index is 9.13. The Kier molecular flexibility index (Phi) is 3.96. The van der Waals surface area contributed by atoms with Gasteiger partial charge in [-0.3, -0.25) is 4.68 Å². The lowest BCUT2D eigenvalue weighted by atomic mass is 10.2. The number of aliphatic hydroxyl groups is 1. The molecule has 1 aromatic rings. The standard InChI is InChI=1S/C10H20N4O/c1-4-8-9(11)10(14(3)13-8)12-6-5-7(2)15/h7,12,15H,4-6,11H2,1-3H3. The summed E-state index contributed by atoms with van der Waals surface area (Å²) in [6.07, 6.45) is 1.24. The molecule has 0 saturated carbocycles. The van der Waals surface area contributed by atoms with E-state index in [2.05, 4.69) is 10.4 Å². The van der Waals surface area contributed by atoms with Gasteiger partial charge in [-0.1, -0.05) is 6.92 Å². The summed E-state index contributed by atoms with van der Waals surface area (Å²) < 4.78 is 1.75. The molecule has 0 aliphatic carbocycles. The second kappa shape index (κ2) is 5.02. The van der Waals surface area contributed by atoms with Gasteiger partial charge in [-0.05, 0) is 19.8 Å². The summed E-state index contributed by atoms with van der Waals surface area (Å²) >= 11 is 0. The Morgan fingerprint density at radius 2 is 2.27 bits per heavy atom. The smallest absolute Gasteiger partial charge is 0.147 e. The van der Waals surface area contributed by atoms with Crippen LogP contribution in [0.2, 0.25) is 0 Å². The van der Waals surface area contributed by atoms with Gasteiger partial charge in [-0.15, -0.1) is 0 Å². The van der Waals surface area contributed by atoms with Crippen LogP contribution in [0.15, 0.2) is 0 Å². The summed E-state index contributed by atoms with van der Waals surface area (Å²) in [6, 6.07) is 0. The van der Waals surface area contributed by atoms with Gasteiger partial charge in [-0.25, -0.2) is 0 Å². The molecule has 0 radical (unpaired) electrons. The number of aromatic nitrogens is 2. The molecule has 1 aromatic heterocycles. The number of nitrogens with zero attached hydrogens (tertiary/aromatic N) is 2. The summed E-state index contributed by atoms with van der Waals surface area (Å²) in [7, 11) is 1.86. The zero-order chi connectivity index (χ0) is 11.4. The molecule has 15 heavy (non-hydrogen) atoms. The van der Waals surface area contributed by atoms with E-state index in [1.807, 2.05) is 14.0 Å². The van der Waals surface area contributed by atoms with Gasteiger partial charge in [0.1, 0.15) is 5.82 Å². The van der Waals surface area contributed by atoms with Crippen molar-refractivity contribution in [3.63, 3.8) is 0 Å². The minimum Gasteiger partial charge on any atom is -0.394 e. The summed E-state index contributed by atoms with van der Waals surface area (Å²) in [6.45, 7) is 4.49. The highest BCUT2D eigenvalue weighted by Crippen LogP contribution is 2.21. The lowest BCUT2D eigenvalue weighted by Crippen LogP contribution is -2.12. The molecule has 0 aromatic carbocycles. The van der Waals surface area contributed by atoms with E-state index in [9.17, 15) is 0 Å². The lowest BCUT2D eigenvalue weighted by molar-refractivity contribution is 0.188. The van der Waals surface area contributed by atoms with Crippen molar-refractivity contribution in [3.8, 4) is 0 Å². The largest absolute Gasteiger partial charge is 0.394 e. The number of aryl methyl sites for hydroxylation is 2. The number of anilines is 2. The maximum atomic E-state index is 9.13. The Bertz CT molecular complexity index is 319. The molecule has 1 unspecified atom stereocenters. The van der Waals surface area contributed by atoms with Crippen molar-refractivity contribution in [2.75, 3.05) is 17.6 Å². The minimum absolute atomic E-state index is 0.294. The topological polar surface area (TPSA) is 76.1 Å². The summed E-state index contributed by atoms with van der Waals surface area (Å²) in [4.78, 5) is 0. The Balaban J connectivity index is 2.64. The minimum atomic E-state index is -0.294. The molecule has 0 bridgehead atoms. The van der Waals surface area contributed by atoms with E-state index < -0.39 is 0 Å². The van der Waals surface area contributed by atoms with E-state index in [0.29, 0.717) is 18.7 Å². The van der Waals surface area contributed by atoms with Crippen LogP contribution in [0.5, 0.6) is 0 Å². The fourth-order valence-corrected chi connectivity index (χ4v) is 1.47. The third kappa shape index (κ3) is 2.86. The van der Waals surface area contributed by atoms with Crippen molar-refractivity contribution in [2.24, 2.45) is 7.05 Å². The number of aliphatic hydroxyl groups excluding tert-OH is 1. The molecule has 1 heterocycles. The molecule has 0 saturated heterocycles. The molecule has 0 aliphatic heterocycles. The van der Waals surface area contributed by atoms with Crippen molar-refractivity contribution in [3.05, 3.63) is 5.69 Å². The zero-order valence-corrected chi connectivity index (χ0v) is 9.62. The predicted octanol–water partition coefficient (Wildman–Crippen LogP) is 0.748. The molecule has 0 fully saturated rings. The SMILES string of the molecule is CCc1nn(C)c(NCCC(C)O)c1N. The van der Waals surface area contributed by atoms with E-state index in [4.69, 9.17) is 10.8 Å². The lowest BCUT2D eigenvalue weighted by Gasteiger charge is -2.08. The third-order valence-electron chi connectivity index (χ3n) is 2.35. The van der Waals surface area contributed by atoms with Gasteiger partial charge in [-0.2, -0.15) is 5.10 Å². The van der Waals surface area contributed by atoms with Crippen molar-refractivity contribution < 1.29 is 5.11 Å². The number of nitrogens with one attached hydrogen (secondary N) is 1. The molecule has 5 nitrogen and oxygen atoms in total. The molecular formula is C10H20N4O. The average Bonchev–Trinajstić information content (AvgIpc) is 2.44. The second-order valence-corrected chi connectivity index (χ2v) is 3.75. The Morgan fingerprint density at radius 1 is 1.60 bits per heavy atom. The second-order valence-electron chi connectivity index (χ2n) is 3.75. The maximum Gasteiger partial charge on any atom is 0.147 e. The Labute approximate surface area is 90.3 Å². The molecule has 4 N–H and O–H groups in total. The molecule has 0 aliphatic rings. The van der Waals surface area contributed by atoms with E-state index in [-0.39, 0.29) is 6.10 Å². The van der Waals surface area contributed by atoms with E-state index >= 15 is 0 Å². The van der Waals surface area contributed by atoms with E-state index in [1.54, 1.807) is 11.6 Å². The molecule has 5 heteroatoms. The van der Waals surface area contributed by atoms with E-state index in [1.165, 1.54) is 0 Å². The van der Waals surface area contributed by atoms with Crippen LogP contribution < -0.4 is 11.1 Å². The number of rotatable bonds is 5. The van der Waals surface area contributed by atoms with Crippen molar-refractivity contribution in [2.45, 2.75) is 32.8 Å².